The van der Waals surface area contributed by atoms with Crippen LogP contribution in [0.15, 0.2) is 24.3 Å². The van der Waals surface area contributed by atoms with Crippen LogP contribution in [0.5, 0.6) is 11.5 Å². The van der Waals surface area contributed by atoms with Crippen molar-refractivity contribution in [1.82, 2.24) is 0 Å². The van der Waals surface area contributed by atoms with Gasteiger partial charge in [-0.2, -0.15) is 0 Å². The fourth-order valence-corrected chi connectivity index (χ4v) is 1.58. The lowest BCUT2D eigenvalue weighted by atomic mass is 10.2. The molecule has 1 aliphatic heterocycles. The lowest BCUT2D eigenvalue weighted by Crippen LogP contribution is -2.07. The van der Waals surface area contributed by atoms with Gasteiger partial charge in [0.15, 0.2) is 0 Å². The summed E-state index contributed by atoms with van der Waals surface area (Å²) in [5, 5.41) is 9.08. The first-order valence-corrected chi connectivity index (χ1v) is 5.37. The van der Waals surface area contributed by atoms with Crippen molar-refractivity contribution >= 4 is 0 Å². The van der Waals surface area contributed by atoms with Gasteiger partial charge in [0.05, 0.1) is 6.10 Å². The Kier molecular flexibility index (Phi) is 3.11. The molecule has 0 unspecified atom stereocenters. The van der Waals surface area contributed by atoms with Crippen LogP contribution in [-0.2, 0) is 4.74 Å². The largest absolute Gasteiger partial charge is 0.508 e. The van der Waals surface area contributed by atoms with Crippen molar-refractivity contribution in [3.8, 4) is 11.5 Å². The van der Waals surface area contributed by atoms with E-state index in [-0.39, 0.29) is 11.9 Å². The van der Waals surface area contributed by atoms with Crippen molar-refractivity contribution < 1.29 is 14.6 Å². The van der Waals surface area contributed by atoms with Crippen molar-refractivity contribution in [3.63, 3.8) is 0 Å². The van der Waals surface area contributed by atoms with Gasteiger partial charge in [-0.15, -0.1) is 0 Å². The van der Waals surface area contributed by atoms with Crippen LogP contribution in [0.25, 0.3) is 0 Å². The molecule has 0 bridgehead atoms. The molecule has 2 rings (SSSR count). The number of rotatable bonds is 5. The summed E-state index contributed by atoms with van der Waals surface area (Å²) in [4.78, 5) is 0. The highest BCUT2D eigenvalue weighted by atomic mass is 16.6. The van der Waals surface area contributed by atoms with Crippen molar-refractivity contribution in [1.29, 1.82) is 0 Å². The summed E-state index contributed by atoms with van der Waals surface area (Å²) >= 11 is 0. The van der Waals surface area contributed by atoms with E-state index in [9.17, 15) is 0 Å². The predicted molar refractivity (Wildman–Crippen MR) is 57.2 cm³/mol. The van der Waals surface area contributed by atoms with Crippen molar-refractivity contribution in [3.05, 3.63) is 24.3 Å². The summed E-state index contributed by atoms with van der Waals surface area (Å²) in [7, 11) is 0. The van der Waals surface area contributed by atoms with Gasteiger partial charge in [-0.1, -0.05) is 13.3 Å². The fraction of sp³-hybridized carbons (Fsp3) is 0.500. The maximum absolute atomic E-state index is 9.08. The van der Waals surface area contributed by atoms with Crippen LogP contribution in [0.1, 0.15) is 19.8 Å². The molecular weight excluding hydrogens is 192 g/mol. The van der Waals surface area contributed by atoms with Crippen LogP contribution in [0.2, 0.25) is 0 Å². The number of phenolic OH excluding ortho intramolecular Hbond substituents is 1. The molecule has 0 amide bonds. The Morgan fingerprint density at radius 2 is 2.00 bits per heavy atom. The lowest BCUT2D eigenvalue weighted by molar-refractivity contribution is 0.259. The second-order valence-corrected chi connectivity index (χ2v) is 3.81. The zero-order valence-corrected chi connectivity index (χ0v) is 8.85. The first-order valence-electron chi connectivity index (χ1n) is 5.37. The summed E-state index contributed by atoms with van der Waals surface area (Å²) < 4.78 is 11.0. The van der Waals surface area contributed by atoms with E-state index in [0.717, 1.165) is 18.6 Å². The highest BCUT2D eigenvalue weighted by molar-refractivity contribution is 5.30. The molecule has 1 heterocycles. The van der Waals surface area contributed by atoms with E-state index in [2.05, 4.69) is 6.92 Å². The van der Waals surface area contributed by atoms with E-state index in [1.807, 2.05) is 0 Å². The Morgan fingerprint density at radius 1 is 1.27 bits per heavy atom. The summed E-state index contributed by atoms with van der Waals surface area (Å²) in [6.07, 6.45) is 2.93. The summed E-state index contributed by atoms with van der Waals surface area (Å²) in [6, 6.07) is 6.75. The number of aromatic hydroxyl groups is 1. The molecule has 0 spiro atoms. The Morgan fingerprint density at radius 3 is 2.67 bits per heavy atom. The third kappa shape index (κ3) is 2.86. The molecule has 0 radical (unpaired) electrons. The number of ether oxygens (including phenoxy) is 2. The number of hydrogen-bond acceptors (Lipinski definition) is 3. The molecule has 1 aromatic carbocycles. The van der Waals surface area contributed by atoms with E-state index in [1.165, 1.54) is 0 Å². The second-order valence-electron chi connectivity index (χ2n) is 3.81. The molecule has 3 heteroatoms. The standard InChI is InChI=1S/C12H16O3/c1-2-3-11-12(15-11)8-14-10-6-4-9(13)5-7-10/h4-7,11-13H,2-3,8H2,1H3/t11-,12-/m0/s1. The van der Waals surface area contributed by atoms with Gasteiger partial charge in [-0.05, 0) is 30.7 Å². The third-order valence-electron chi connectivity index (χ3n) is 2.51. The van der Waals surface area contributed by atoms with E-state index in [4.69, 9.17) is 14.6 Å². The number of benzene rings is 1. The van der Waals surface area contributed by atoms with Gasteiger partial charge < -0.3 is 14.6 Å². The van der Waals surface area contributed by atoms with Crippen LogP contribution in [0, 0.1) is 0 Å². The van der Waals surface area contributed by atoms with Gasteiger partial charge in [-0.25, -0.2) is 0 Å². The zero-order chi connectivity index (χ0) is 10.7. The molecule has 15 heavy (non-hydrogen) atoms. The van der Waals surface area contributed by atoms with E-state index in [1.54, 1.807) is 24.3 Å². The highest BCUT2D eigenvalue weighted by Crippen LogP contribution is 2.27. The van der Waals surface area contributed by atoms with E-state index in [0.29, 0.717) is 12.7 Å². The predicted octanol–water partition coefficient (Wildman–Crippen LogP) is 2.34. The van der Waals surface area contributed by atoms with Crippen LogP contribution in [-0.4, -0.2) is 23.9 Å². The van der Waals surface area contributed by atoms with Gasteiger partial charge in [0.25, 0.3) is 0 Å². The molecule has 1 aliphatic rings. The molecule has 1 saturated heterocycles. The molecular formula is C12H16O3. The highest BCUT2D eigenvalue weighted by Gasteiger charge is 2.38. The smallest absolute Gasteiger partial charge is 0.119 e. The summed E-state index contributed by atoms with van der Waals surface area (Å²) in [6.45, 7) is 2.76. The molecule has 0 aliphatic carbocycles. The normalized spacial score (nSPS) is 23.8. The van der Waals surface area contributed by atoms with E-state index < -0.39 is 0 Å². The first-order chi connectivity index (χ1) is 7.29. The minimum atomic E-state index is 0.258. The Labute approximate surface area is 89.6 Å². The monoisotopic (exact) mass is 208 g/mol. The SMILES string of the molecule is CCC[C@@H]1O[C@H]1COc1ccc(O)cc1. The Balaban J connectivity index is 1.73. The summed E-state index contributed by atoms with van der Waals surface area (Å²) in [5.41, 5.74) is 0. The maximum atomic E-state index is 9.08. The molecule has 0 aromatic heterocycles. The molecule has 3 nitrogen and oxygen atoms in total. The molecule has 1 N–H and O–H groups in total. The number of epoxide rings is 1. The Bertz CT molecular complexity index is 307. The average Bonchev–Trinajstić information content (AvgIpc) is 2.97. The first kappa shape index (κ1) is 10.3. The van der Waals surface area contributed by atoms with Gasteiger partial charge >= 0.3 is 0 Å². The van der Waals surface area contributed by atoms with Crippen LogP contribution < -0.4 is 4.74 Å². The number of hydrogen-bond donors (Lipinski definition) is 1. The maximum Gasteiger partial charge on any atom is 0.119 e. The average molecular weight is 208 g/mol. The van der Waals surface area contributed by atoms with Crippen molar-refractivity contribution in [2.75, 3.05) is 6.61 Å². The van der Waals surface area contributed by atoms with Gasteiger partial charge in [-0.3, -0.25) is 0 Å². The van der Waals surface area contributed by atoms with Crippen molar-refractivity contribution in [2.45, 2.75) is 32.0 Å². The fourth-order valence-electron chi connectivity index (χ4n) is 1.58. The minimum Gasteiger partial charge on any atom is -0.508 e. The zero-order valence-electron chi connectivity index (χ0n) is 8.85. The van der Waals surface area contributed by atoms with Gasteiger partial charge in [0.1, 0.15) is 24.2 Å². The van der Waals surface area contributed by atoms with Gasteiger partial charge in [0.2, 0.25) is 0 Å². The molecule has 0 saturated carbocycles. The molecule has 1 aromatic rings. The van der Waals surface area contributed by atoms with Crippen LogP contribution in [0.4, 0.5) is 0 Å². The van der Waals surface area contributed by atoms with Crippen LogP contribution in [0.3, 0.4) is 0 Å². The topological polar surface area (TPSA) is 42.0 Å². The van der Waals surface area contributed by atoms with E-state index >= 15 is 0 Å². The summed E-state index contributed by atoms with van der Waals surface area (Å²) in [5.74, 6) is 1.03. The minimum absolute atomic E-state index is 0.258. The second kappa shape index (κ2) is 4.53. The van der Waals surface area contributed by atoms with Crippen LogP contribution >= 0.6 is 0 Å². The molecule has 1 fully saturated rings. The molecule has 82 valence electrons. The van der Waals surface area contributed by atoms with Crippen molar-refractivity contribution in [2.24, 2.45) is 0 Å². The molecule has 2 atom stereocenters. The lowest BCUT2D eigenvalue weighted by Gasteiger charge is -2.03. The third-order valence-corrected chi connectivity index (χ3v) is 2.51. The van der Waals surface area contributed by atoms with Gasteiger partial charge in [0, 0.05) is 0 Å². The quantitative estimate of drug-likeness (QED) is 0.755. The number of phenols is 1. The Hall–Kier alpha value is -1.22.